The van der Waals surface area contributed by atoms with Gasteiger partial charge in [-0.25, -0.2) is 4.39 Å². The second-order valence-electron chi connectivity index (χ2n) is 9.68. The smallest absolute Gasteiger partial charge is 0.261 e. The van der Waals surface area contributed by atoms with Crippen LogP contribution < -0.4 is 14.8 Å². The molecule has 4 aliphatic rings. The summed E-state index contributed by atoms with van der Waals surface area (Å²) >= 11 is 5.68. The van der Waals surface area contributed by atoms with E-state index in [1.54, 1.807) is 18.2 Å². The first-order valence-corrected chi connectivity index (χ1v) is 11.7. The second kappa shape index (κ2) is 7.78. The lowest BCUT2D eigenvalue weighted by Gasteiger charge is -2.68. The topological polar surface area (TPSA) is 104 Å². The van der Waals surface area contributed by atoms with Crippen LogP contribution in [-0.4, -0.2) is 33.5 Å². The van der Waals surface area contributed by atoms with Crippen LogP contribution in [0.1, 0.15) is 53.4 Å². The number of carbonyl (C=O) groups is 2. The lowest BCUT2D eigenvalue weighted by Crippen LogP contribution is -2.77. The average molecular weight is 498 g/mol. The van der Waals surface area contributed by atoms with Crippen LogP contribution in [0, 0.1) is 12.7 Å². The summed E-state index contributed by atoms with van der Waals surface area (Å²) in [5.41, 5.74) is 0.884. The molecule has 0 unspecified atom stereocenters. The van der Waals surface area contributed by atoms with Gasteiger partial charge in [-0.1, -0.05) is 23.2 Å². The van der Waals surface area contributed by atoms with Crippen LogP contribution in [0.3, 0.4) is 0 Å². The minimum atomic E-state index is -0.840. The van der Waals surface area contributed by atoms with Gasteiger partial charge >= 0.3 is 0 Å². The molecule has 3 fully saturated rings. The lowest BCUT2D eigenvalue weighted by molar-refractivity contribution is -0.148. The Morgan fingerprint density at radius 3 is 2.80 bits per heavy atom. The number of benzene rings is 2. The molecule has 3 aromatic rings. The zero-order valence-electron chi connectivity index (χ0n) is 18.8. The summed E-state index contributed by atoms with van der Waals surface area (Å²) in [6.07, 6.45) is 1.20. The van der Waals surface area contributed by atoms with E-state index in [0.717, 1.165) is 5.56 Å². The number of amides is 1. The number of hydrogen-bond donors (Lipinski definition) is 1. The predicted octanol–water partition coefficient (Wildman–Crippen LogP) is 4.07. The van der Waals surface area contributed by atoms with E-state index in [1.165, 1.54) is 12.1 Å². The Kier molecular flexibility index (Phi) is 4.90. The van der Waals surface area contributed by atoms with E-state index in [9.17, 15) is 14.0 Å². The standard InChI is InChI=1S/C25H21ClFN3O5/c1-13-2-5-19-15(6-13)18(31)8-20(34-19)22(32)28-25-10-24(11-25,12-25)23-30-29-21(35-23)9-33-14-3-4-16(26)17(27)7-14/h2-7,20H,8-12H2,1H3,(H,28,32)/t20-,24?,25?/m1/s1. The number of fused-ring (bicyclic) bond motifs is 1. The van der Waals surface area contributed by atoms with Crippen LogP contribution in [0.5, 0.6) is 11.5 Å². The average Bonchev–Trinajstić information content (AvgIpc) is 3.25. The third kappa shape index (κ3) is 3.74. The first kappa shape index (κ1) is 22.0. The van der Waals surface area contributed by atoms with Crippen LogP contribution >= 0.6 is 11.6 Å². The molecule has 0 saturated heterocycles. The Balaban J connectivity index is 1.04. The molecule has 0 spiro atoms. The minimum Gasteiger partial charge on any atom is -0.484 e. The van der Waals surface area contributed by atoms with Gasteiger partial charge < -0.3 is 19.2 Å². The zero-order valence-corrected chi connectivity index (χ0v) is 19.5. The summed E-state index contributed by atoms with van der Waals surface area (Å²) in [7, 11) is 0. The van der Waals surface area contributed by atoms with Gasteiger partial charge in [0.25, 0.3) is 11.8 Å². The Morgan fingerprint density at radius 1 is 1.23 bits per heavy atom. The van der Waals surface area contributed by atoms with Crippen LogP contribution in [0.2, 0.25) is 5.02 Å². The van der Waals surface area contributed by atoms with Crippen LogP contribution in [0.15, 0.2) is 40.8 Å². The maximum absolute atomic E-state index is 13.6. The summed E-state index contributed by atoms with van der Waals surface area (Å²) in [5, 5.41) is 11.3. The molecule has 7 rings (SSSR count). The molecule has 35 heavy (non-hydrogen) atoms. The molecule has 3 aliphatic carbocycles. The number of nitrogens with zero attached hydrogens (tertiary/aromatic N) is 2. The van der Waals surface area contributed by atoms with Gasteiger partial charge in [-0.2, -0.15) is 0 Å². The fourth-order valence-corrected chi connectivity index (χ4v) is 5.43. The predicted molar refractivity (Wildman–Crippen MR) is 121 cm³/mol. The second-order valence-corrected chi connectivity index (χ2v) is 10.1. The monoisotopic (exact) mass is 497 g/mol. The van der Waals surface area contributed by atoms with Gasteiger partial charge in [0.2, 0.25) is 5.89 Å². The summed E-state index contributed by atoms with van der Waals surface area (Å²) in [4.78, 5) is 25.4. The van der Waals surface area contributed by atoms with E-state index in [2.05, 4.69) is 15.5 Å². The molecule has 180 valence electrons. The van der Waals surface area contributed by atoms with Crippen molar-refractivity contribution in [2.45, 2.75) is 56.3 Å². The number of ketones is 1. The van der Waals surface area contributed by atoms with Gasteiger partial charge in [0.15, 0.2) is 18.5 Å². The Hall–Kier alpha value is -3.46. The minimum absolute atomic E-state index is 0.0000767. The molecule has 2 aromatic carbocycles. The number of carbonyl (C=O) groups excluding carboxylic acids is 2. The van der Waals surface area contributed by atoms with E-state index in [0.29, 0.717) is 42.2 Å². The number of aromatic nitrogens is 2. The summed E-state index contributed by atoms with van der Waals surface area (Å²) in [5.74, 6) is 0.588. The Bertz CT molecular complexity index is 1350. The number of nitrogens with one attached hydrogen (secondary N) is 1. The first-order chi connectivity index (χ1) is 16.7. The Labute approximate surface area is 204 Å². The number of Topliss-reactive ketones (excluding diaryl/α,β-unsaturated/α-hetero) is 1. The van der Waals surface area contributed by atoms with Crippen molar-refractivity contribution in [2.24, 2.45) is 0 Å². The van der Waals surface area contributed by atoms with E-state index >= 15 is 0 Å². The molecule has 2 bridgehead atoms. The lowest BCUT2D eigenvalue weighted by atomic mass is 9.39. The van der Waals surface area contributed by atoms with Crippen molar-refractivity contribution in [1.29, 1.82) is 0 Å². The highest BCUT2D eigenvalue weighted by atomic mass is 35.5. The van der Waals surface area contributed by atoms with E-state index < -0.39 is 11.9 Å². The largest absolute Gasteiger partial charge is 0.484 e. The van der Waals surface area contributed by atoms with Gasteiger partial charge in [0.05, 0.1) is 22.4 Å². The Morgan fingerprint density at radius 2 is 2.03 bits per heavy atom. The van der Waals surface area contributed by atoms with Crippen molar-refractivity contribution in [3.8, 4) is 11.5 Å². The number of hydrogen-bond acceptors (Lipinski definition) is 7. The molecule has 8 nitrogen and oxygen atoms in total. The summed E-state index contributed by atoms with van der Waals surface area (Å²) in [6, 6.07) is 9.53. The fourth-order valence-electron chi connectivity index (χ4n) is 5.31. The number of rotatable bonds is 6. The number of aryl methyl sites for hydroxylation is 1. The molecule has 1 aromatic heterocycles. The van der Waals surface area contributed by atoms with Crippen LogP contribution in [-0.2, 0) is 16.8 Å². The fraction of sp³-hybridized carbons (Fsp3) is 0.360. The molecule has 1 aliphatic heterocycles. The number of ether oxygens (including phenoxy) is 2. The highest BCUT2D eigenvalue weighted by molar-refractivity contribution is 6.30. The SMILES string of the molecule is Cc1ccc2c(c1)C(=O)C[C@H](C(=O)NC13CC(c4nnc(COc5ccc(Cl)c(F)c5)o4)(C1)C3)O2. The van der Waals surface area contributed by atoms with Crippen LogP contribution in [0.25, 0.3) is 0 Å². The summed E-state index contributed by atoms with van der Waals surface area (Å²) in [6.45, 7) is 1.91. The number of halogens is 2. The molecule has 1 amide bonds. The van der Waals surface area contributed by atoms with Crippen molar-refractivity contribution in [3.63, 3.8) is 0 Å². The molecule has 1 atom stereocenters. The molecular formula is C25H21ClFN3O5. The van der Waals surface area contributed by atoms with Gasteiger partial charge in [0.1, 0.15) is 17.3 Å². The molecule has 1 N–H and O–H groups in total. The first-order valence-electron chi connectivity index (χ1n) is 11.3. The molecule has 0 radical (unpaired) electrons. The van der Waals surface area contributed by atoms with Crippen molar-refractivity contribution in [2.75, 3.05) is 0 Å². The molecule has 2 heterocycles. The maximum atomic E-state index is 13.6. The molecule has 3 saturated carbocycles. The van der Waals surface area contributed by atoms with Gasteiger partial charge in [-0.05, 0) is 50.5 Å². The maximum Gasteiger partial charge on any atom is 0.261 e. The quantitative estimate of drug-likeness (QED) is 0.547. The van der Waals surface area contributed by atoms with E-state index in [-0.39, 0.29) is 46.6 Å². The third-order valence-electron chi connectivity index (χ3n) is 6.96. The van der Waals surface area contributed by atoms with Gasteiger partial charge in [-0.15, -0.1) is 10.2 Å². The van der Waals surface area contributed by atoms with Crippen molar-refractivity contribution in [1.82, 2.24) is 15.5 Å². The summed E-state index contributed by atoms with van der Waals surface area (Å²) < 4.78 is 30.7. The van der Waals surface area contributed by atoms with Crippen molar-refractivity contribution in [3.05, 3.63) is 70.1 Å². The van der Waals surface area contributed by atoms with E-state index in [4.69, 9.17) is 25.5 Å². The molecular weight excluding hydrogens is 477 g/mol. The van der Waals surface area contributed by atoms with Crippen LogP contribution in [0.4, 0.5) is 4.39 Å². The van der Waals surface area contributed by atoms with Crippen molar-refractivity contribution >= 4 is 23.3 Å². The molecule has 10 heteroatoms. The van der Waals surface area contributed by atoms with E-state index in [1.807, 2.05) is 13.0 Å². The zero-order chi connectivity index (χ0) is 24.4. The normalized spacial score (nSPS) is 26.1. The highest BCUT2D eigenvalue weighted by Crippen LogP contribution is 2.67. The van der Waals surface area contributed by atoms with Gasteiger partial charge in [-0.3, -0.25) is 9.59 Å². The third-order valence-corrected chi connectivity index (χ3v) is 7.27. The van der Waals surface area contributed by atoms with Gasteiger partial charge in [0, 0.05) is 11.6 Å². The van der Waals surface area contributed by atoms with Crippen molar-refractivity contribution < 1.29 is 27.9 Å². The highest BCUT2D eigenvalue weighted by Gasteiger charge is 2.72.